The predicted octanol–water partition coefficient (Wildman–Crippen LogP) is 4.90. The Morgan fingerprint density at radius 3 is 2.57 bits per heavy atom. The van der Waals surface area contributed by atoms with E-state index in [2.05, 4.69) is 20.9 Å². The van der Waals surface area contributed by atoms with Crippen molar-refractivity contribution < 1.29 is 14.6 Å². The Morgan fingerprint density at radius 2 is 1.80 bits per heavy atom. The molecular formula is C27H29ClN4O3. The molecule has 35 heavy (non-hydrogen) atoms. The van der Waals surface area contributed by atoms with Crippen LogP contribution in [0.25, 0.3) is 11.0 Å². The maximum absolute atomic E-state index is 10.7. The molecule has 182 valence electrons. The molecule has 1 fully saturated rings. The number of hydrogen-bond acceptors (Lipinski definition) is 6. The van der Waals surface area contributed by atoms with Crippen molar-refractivity contribution >= 4 is 28.6 Å². The number of aromatic hydroxyl groups is 1. The van der Waals surface area contributed by atoms with Crippen molar-refractivity contribution in [3.8, 4) is 11.5 Å². The van der Waals surface area contributed by atoms with Crippen molar-refractivity contribution in [1.82, 2.24) is 14.5 Å². The van der Waals surface area contributed by atoms with Gasteiger partial charge in [0.1, 0.15) is 0 Å². The number of anilines is 1. The van der Waals surface area contributed by atoms with Crippen LogP contribution in [0, 0.1) is 0 Å². The third-order valence-electron chi connectivity index (χ3n) is 6.29. The van der Waals surface area contributed by atoms with Gasteiger partial charge in [0.25, 0.3) is 0 Å². The van der Waals surface area contributed by atoms with Gasteiger partial charge in [0.15, 0.2) is 11.5 Å². The first-order valence-electron chi connectivity index (χ1n) is 11.7. The molecule has 2 heterocycles. The molecular weight excluding hydrogens is 464 g/mol. The van der Waals surface area contributed by atoms with Crippen LogP contribution in [0.2, 0.25) is 5.02 Å². The number of para-hydroxylation sites is 2. The van der Waals surface area contributed by atoms with Crippen molar-refractivity contribution in [2.45, 2.75) is 19.6 Å². The van der Waals surface area contributed by atoms with E-state index in [-0.39, 0.29) is 5.75 Å². The predicted molar refractivity (Wildman–Crippen MR) is 138 cm³/mol. The molecule has 1 aromatic heterocycles. The van der Waals surface area contributed by atoms with Crippen LogP contribution in [0.15, 0.2) is 60.7 Å². The third-order valence-corrected chi connectivity index (χ3v) is 6.54. The molecule has 1 aliphatic heterocycles. The summed E-state index contributed by atoms with van der Waals surface area (Å²) in [5, 5.41) is 14.9. The monoisotopic (exact) mass is 492 g/mol. The van der Waals surface area contributed by atoms with Gasteiger partial charge in [0.2, 0.25) is 5.95 Å². The number of rotatable bonds is 8. The van der Waals surface area contributed by atoms with Crippen LogP contribution >= 0.6 is 11.6 Å². The van der Waals surface area contributed by atoms with Gasteiger partial charge in [-0.25, -0.2) is 4.98 Å². The summed E-state index contributed by atoms with van der Waals surface area (Å²) in [6.07, 6.45) is 0. The molecule has 2 N–H and O–H groups in total. The first-order chi connectivity index (χ1) is 17.1. The molecule has 0 unspecified atom stereocenters. The van der Waals surface area contributed by atoms with E-state index in [1.807, 2.05) is 54.6 Å². The summed E-state index contributed by atoms with van der Waals surface area (Å²) in [4.78, 5) is 7.12. The SMILES string of the molecule is COc1cc(CNc2nc3ccccc3n2Cc2ccc(Cl)cc2)cc(CN2CCOCC2)c1O. The number of halogens is 1. The standard InChI is InChI=1S/C27H29ClN4O3/c1-34-25-15-20(14-21(26(25)33)18-31-10-12-35-13-11-31)16-29-27-30-23-4-2-3-5-24(23)32(27)17-19-6-8-22(28)9-7-19/h2-9,14-15,33H,10-13,16-18H2,1H3,(H,29,30). The Kier molecular flexibility index (Phi) is 7.08. The van der Waals surface area contributed by atoms with E-state index >= 15 is 0 Å². The molecule has 0 saturated carbocycles. The number of nitrogens with one attached hydrogen (secondary N) is 1. The van der Waals surface area contributed by atoms with Crippen LogP contribution in [-0.2, 0) is 24.4 Å². The fourth-order valence-electron chi connectivity index (χ4n) is 4.43. The number of methoxy groups -OCH3 is 1. The lowest BCUT2D eigenvalue weighted by atomic mass is 10.1. The Hall–Kier alpha value is -3.26. The molecule has 5 rings (SSSR count). The van der Waals surface area contributed by atoms with Gasteiger partial charge in [-0.2, -0.15) is 0 Å². The number of fused-ring (bicyclic) bond motifs is 1. The van der Waals surface area contributed by atoms with Crippen LogP contribution in [0.1, 0.15) is 16.7 Å². The number of hydrogen-bond donors (Lipinski definition) is 2. The highest BCUT2D eigenvalue weighted by Gasteiger charge is 2.17. The van der Waals surface area contributed by atoms with Gasteiger partial charge in [-0.3, -0.25) is 4.90 Å². The number of aromatic nitrogens is 2. The molecule has 0 bridgehead atoms. The normalized spacial score (nSPS) is 14.3. The Bertz CT molecular complexity index is 1300. The Morgan fingerprint density at radius 1 is 1.03 bits per heavy atom. The molecule has 3 aromatic carbocycles. The molecule has 0 spiro atoms. The van der Waals surface area contributed by atoms with E-state index in [4.69, 9.17) is 26.1 Å². The molecule has 7 nitrogen and oxygen atoms in total. The van der Waals surface area contributed by atoms with Crippen molar-refractivity contribution in [3.05, 3.63) is 82.4 Å². The van der Waals surface area contributed by atoms with Gasteiger partial charge in [-0.15, -0.1) is 0 Å². The van der Waals surface area contributed by atoms with Crippen LogP contribution in [0.4, 0.5) is 5.95 Å². The van der Waals surface area contributed by atoms with Crippen molar-refractivity contribution in [2.24, 2.45) is 0 Å². The van der Waals surface area contributed by atoms with Crippen LogP contribution < -0.4 is 10.1 Å². The van der Waals surface area contributed by atoms with E-state index in [0.717, 1.165) is 51.8 Å². The second-order valence-corrected chi connectivity index (χ2v) is 9.12. The number of ether oxygens (including phenoxy) is 2. The molecule has 0 radical (unpaired) electrons. The minimum absolute atomic E-state index is 0.192. The van der Waals surface area contributed by atoms with Crippen LogP contribution in [-0.4, -0.2) is 53.0 Å². The van der Waals surface area contributed by atoms with E-state index in [9.17, 15) is 5.11 Å². The maximum atomic E-state index is 10.7. The smallest absolute Gasteiger partial charge is 0.204 e. The number of nitrogens with zero attached hydrogens (tertiary/aromatic N) is 3. The fraction of sp³-hybridized carbons (Fsp3) is 0.296. The van der Waals surface area contributed by atoms with Gasteiger partial charge >= 0.3 is 0 Å². The molecule has 4 aromatic rings. The number of phenolic OH excluding ortho intramolecular Hbond substituents is 1. The average molecular weight is 493 g/mol. The third kappa shape index (κ3) is 5.37. The van der Waals surface area contributed by atoms with Crippen LogP contribution in [0.5, 0.6) is 11.5 Å². The highest BCUT2D eigenvalue weighted by Crippen LogP contribution is 2.33. The van der Waals surface area contributed by atoms with E-state index in [0.29, 0.717) is 38.6 Å². The molecule has 1 saturated heterocycles. The highest BCUT2D eigenvalue weighted by molar-refractivity contribution is 6.30. The zero-order valence-corrected chi connectivity index (χ0v) is 20.5. The number of morpholine rings is 1. The lowest BCUT2D eigenvalue weighted by Gasteiger charge is -2.27. The summed E-state index contributed by atoms with van der Waals surface area (Å²) in [5.74, 6) is 1.45. The van der Waals surface area contributed by atoms with Gasteiger partial charge in [0.05, 0.1) is 37.9 Å². The summed E-state index contributed by atoms with van der Waals surface area (Å²) >= 11 is 6.08. The second-order valence-electron chi connectivity index (χ2n) is 8.68. The van der Waals surface area contributed by atoms with Gasteiger partial charge in [0, 0.05) is 36.8 Å². The molecule has 8 heteroatoms. The van der Waals surface area contributed by atoms with Crippen molar-refractivity contribution in [3.63, 3.8) is 0 Å². The topological polar surface area (TPSA) is 71.8 Å². The summed E-state index contributed by atoms with van der Waals surface area (Å²) in [5.41, 5.74) is 4.98. The van der Waals surface area contributed by atoms with Gasteiger partial charge in [-0.1, -0.05) is 35.9 Å². The zero-order chi connectivity index (χ0) is 24.2. The Balaban J connectivity index is 1.40. The lowest BCUT2D eigenvalue weighted by molar-refractivity contribution is 0.0338. The minimum Gasteiger partial charge on any atom is -0.504 e. The van der Waals surface area contributed by atoms with Crippen molar-refractivity contribution in [2.75, 3.05) is 38.7 Å². The van der Waals surface area contributed by atoms with E-state index in [1.54, 1.807) is 7.11 Å². The molecule has 0 amide bonds. The van der Waals surface area contributed by atoms with Crippen molar-refractivity contribution in [1.29, 1.82) is 0 Å². The highest BCUT2D eigenvalue weighted by atomic mass is 35.5. The summed E-state index contributed by atoms with van der Waals surface area (Å²) in [6, 6.07) is 19.9. The second kappa shape index (κ2) is 10.6. The lowest BCUT2D eigenvalue weighted by Crippen LogP contribution is -2.35. The van der Waals surface area contributed by atoms with E-state index in [1.165, 1.54) is 0 Å². The summed E-state index contributed by atoms with van der Waals surface area (Å²) in [6.45, 7) is 4.97. The fourth-order valence-corrected chi connectivity index (χ4v) is 4.56. The van der Waals surface area contributed by atoms with Gasteiger partial charge < -0.3 is 24.5 Å². The largest absolute Gasteiger partial charge is 0.504 e. The summed E-state index contributed by atoms with van der Waals surface area (Å²) in [7, 11) is 1.58. The number of benzene rings is 3. The maximum Gasteiger partial charge on any atom is 0.204 e. The molecule has 1 aliphatic rings. The summed E-state index contributed by atoms with van der Waals surface area (Å²) < 4.78 is 13.1. The molecule has 0 aliphatic carbocycles. The molecule has 0 atom stereocenters. The number of imidazole rings is 1. The quantitative estimate of drug-likeness (QED) is 0.364. The van der Waals surface area contributed by atoms with E-state index < -0.39 is 0 Å². The Labute approximate surface area is 209 Å². The first-order valence-corrected chi connectivity index (χ1v) is 12.1. The number of phenols is 1. The minimum atomic E-state index is 0.192. The van der Waals surface area contributed by atoms with Crippen LogP contribution in [0.3, 0.4) is 0 Å². The zero-order valence-electron chi connectivity index (χ0n) is 19.7. The van der Waals surface area contributed by atoms with Gasteiger partial charge in [-0.05, 0) is 47.5 Å². The average Bonchev–Trinajstić information content (AvgIpc) is 3.23. The first kappa shape index (κ1) is 23.5.